The second kappa shape index (κ2) is 13.0. The molecule has 0 atom stereocenters. The fraction of sp³-hybridized carbons (Fsp3) is 0.600. The average Bonchev–Trinajstić information content (AvgIpc) is 2.64. The van der Waals surface area contributed by atoms with Crippen LogP contribution >= 0.6 is 0 Å². The quantitative estimate of drug-likeness (QED) is 0.349. The second-order valence-corrected chi connectivity index (χ2v) is 6.90. The average molecular weight is 379 g/mol. The Balaban J connectivity index is 2.33. The van der Waals surface area contributed by atoms with Gasteiger partial charge in [-0.2, -0.15) is 0 Å². The van der Waals surface area contributed by atoms with Crippen LogP contribution in [0, 0.1) is 5.92 Å². The van der Waals surface area contributed by atoms with Crippen LogP contribution in [0.2, 0.25) is 0 Å². The summed E-state index contributed by atoms with van der Waals surface area (Å²) in [6.45, 7) is 7.27. The Hall–Kier alpha value is -2.28. The van der Waals surface area contributed by atoms with Gasteiger partial charge in [0, 0.05) is 47.4 Å². The molecule has 0 spiro atoms. The zero-order valence-electron chi connectivity index (χ0n) is 17.2. The van der Waals surface area contributed by atoms with E-state index in [0.717, 1.165) is 37.7 Å². The number of guanidine groups is 1. The van der Waals surface area contributed by atoms with Crippen LogP contribution in [-0.4, -0.2) is 64.3 Å². The second-order valence-electron chi connectivity index (χ2n) is 6.90. The number of benzene rings is 1. The van der Waals surface area contributed by atoms with Crippen molar-refractivity contribution in [2.24, 2.45) is 10.9 Å². The van der Waals surface area contributed by atoms with E-state index in [1.165, 1.54) is 4.90 Å². The van der Waals surface area contributed by atoms with Gasteiger partial charge < -0.3 is 25.0 Å². The lowest BCUT2D eigenvalue weighted by molar-refractivity contribution is -0.130. The first-order valence-corrected chi connectivity index (χ1v) is 9.36. The highest BCUT2D eigenvalue weighted by atomic mass is 16.5. The maximum atomic E-state index is 11.6. The Morgan fingerprint density at radius 1 is 1.26 bits per heavy atom. The molecule has 1 aromatic rings. The van der Waals surface area contributed by atoms with Crippen LogP contribution in [0.5, 0.6) is 5.75 Å². The minimum atomic E-state index is -0.0690. The van der Waals surface area contributed by atoms with Gasteiger partial charge in [-0.3, -0.25) is 9.79 Å². The highest BCUT2D eigenvalue weighted by Gasteiger charge is 2.05. The lowest BCUT2D eigenvalue weighted by atomic mass is 10.2. The zero-order chi connectivity index (χ0) is 20.1. The summed E-state index contributed by atoms with van der Waals surface area (Å²) in [5.74, 6) is 1.91. The summed E-state index contributed by atoms with van der Waals surface area (Å²) in [4.78, 5) is 17.3. The third-order valence-electron chi connectivity index (χ3n) is 3.65. The Morgan fingerprint density at radius 2 is 2.04 bits per heavy atom. The largest absolute Gasteiger partial charge is 0.484 e. The summed E-state index contributed by atoms with van der Waals surface area (Å²) >= 11 is 0. The number of aliphatic imine (C=N–C) groups is 1. The van der Waals surface area contributed by atoms with Crippen molar-refractivity contribution < 1.29 is 14.3 Å². The van der Waals surface area contributed by atoms with Crippen molar-refractivity contribution in [3.05, 3.63) is 29.8 Å². The van der Waals surface area contributed by atoms with E-state index >= 15 is 0 Å². The van der Waals surface area contributed by atoms with Crippen LogP contribution < -0.4 is 15.4 Å². The number of rotatable bonds is 11. The molecular formula is C20H34N4O3. The van der Waals surface area contributed by atoms with Gasteiger partial charge in [-0.05, 0) is 30.0 Å². The standard InChI is InChI=1S/C20H34N4O3/c1-16(2)14-26-11-7-10-22-20(21-3)23-13-17-8-6-9-18(12-17)27-15-19(25)24(4)5/h6,8-9,12,16H,7,10-11,13-15H2,1-5H3,(H2,21,22,23). The molecule has 0 radical (unpaired) electrons. The number of amides is 1. The van der Waals surface area contributed by atoms with E-state index in [-0.39, 0.29) is 12.5 Å². The third kappa shape index (κ3) is 10.5. The molecule has 2 N–H and O–H groups in total. The van der Waals surface area contributed by atoms with Crippen LogP contribution in [0.1, 0.15) is 25.8 Å². The molecule has 152 valence electrons. The number of likely N-dealkylation sites (N-methyl/N-ethyl adjacent to an activating group) is 1. The predicted octanol–water partition coefficient (Wildman–Crippen LogP) is 1.88. The monoisotopic (exact) mass is 378 g/mol. The molecular weight excluding hydrogens is 344 g/mol. The van der Waals surface area contributed by atoms with Crippen molar-refractivity contribution in [3.63, 3.8) is 0 Å². The number of carbonyl (C=O) groups is 1. The van der Waals surface area contributed by atoms with Gasteiger partial charge in [-0.1, -0.05) is 26.0 Å². The summed E-state index contributed by atoms with van der Waals surface area (Å²) in [5, 5.41) is 6.54. The van der Waals surface area contributed by atoms with Gasteiger partial charge in [0.1, 0.15) is 5.75 Å². The molecule has 7 heteroatoms. The van der Waals surface area contributed by atoms with Crippen LogP contribution in [-0.2, 0) is 16.1 Å². The molecule has 0 unspecified atom stereocenters. The van der Waals surface area contributed by atoms with Crippen molar-refractivity contribution >= 4 is 11.9 Å². The maximum Gasteiger partial charge on any atom is 0.259 e. The fourth-order valence-corrected chi connectivity index (χ4v) is 2.13. The third-order valence-corrected chi connectivity index (χ3v) is 3.65. The van der Waals surface area contributed by atoms with E-state index in [1.54, 1.807) is 21.1 Å². The van der Waals surface area contributed by atoms with Gasteiger partial charge in [0.2, 0.25) is 0 Å². The molecule has 0 aliphatic rings. The number of nitrogens with one attached hydrogen (secondary N) is 2. The summed E-state index contributed by atoms with van der Waals surface area (Å²) in [6.07, 6.45) is 0.927. The Morgan fingerprint density at radius 3 is 2.70 bits per heavy atom. The minimum absolute atomic E-state index is 0.0337. The van der Waals surface area contributed by atoms with Crippen LogP contribution in [0.25, 0.3) is 0 Å². The maximum absolute atomic E-state index is 11.6. The van der Waals surface area contributed by atoms with Crippen molar-refractivity contribution in [2.45, 2.75) is 26.8 Å². The molecule has 0 saturated carbocycles. The van der Waals surface area contributed by atoms with E-state index in [0.29, 0.717) is 18.2 Å². The summed E-state index contributed by atoms with van der Waals surface area (Å²) in [6, 6.07) is 7.68. The first-order valence-electron chi connectivity index (χ1n) is 9.36. The number of ether oxygens (including phenoxy) is 2. The molecule has 0 aromatic heterocycles. The van der Waals surface area contributed by atoms with Crippen molar-refractivity contribution in [2.75, 3.05) is 47.5 Å². The molecule has 1 amide bonds. The summed E-state index contributed by atoms with van der Waals surface area (Å²) in [5.41, 5.74) is 1.05. The highest BCUT2D eigenvalue weighted by molar-refractivity contribution is 5.79. The van der Waals surface area contributed by atoms with Gasteiger partial charge in [0.25, 0.3) is 5.91 Å². The van der Waals surface area contributed by atoms with Crippen molar-refractivity contribution in [1.29, 1.82) is 0 Å². The zero-order valence-corrected chi connectivity index (χ0v) is 17.2. The van der Waals surface area contributed by atoms with Crippen LogP contribution in [0.3, 0.4) is 0 Å². The van der Waals surface area contributed by atoms with Gasteiger partial charge in [-0.15, -0.1) is 0 Å². The summed E-state index contributed by atoms with van der Waals surface area (Å²) in [7, 11) is 5.17. The number of carbonyl (C=O) groups excluding carboxylic acids is 1. The SMILES string of the molecule is CN=C(NCCCOCC(C)C)NCc1cccc(OCC(=O)N(C)C)c1. The summed E-state index contributed by atoms with van der Waals surface area (Å²) < 4.78 is 11.1. The van der Waals surface area contributed by atoms with Crippen LogP contribution in [0.4, 0.5) is 0 Å². The Bertz CT molecular complexity index is 588. The molecule has 1 rings (SSSR count). The Kier molecular flexibility index (Phi) is 10.9. The first kappa shape index (κ1) is 22.8. The lowest BCUT2D eigenvalue weighted by Crippen LogP contribution is -2.37. The number of hydrogen-bond acceptors (Lipinski definition) is 4. The molecule has 0 heterocycles. The van der Waals surface area contributed by atoms with Gasteiger partial charge >= 0.3 is 0 Å². The molecule has 1 aromatic carbocycles. The number of hydrogen-bond donors (Lipinski definition) is 2. The molecule has 0 bridgehead atoms. The molecule has 0 aliphatic carbocycles. The Labute approximate surface area is 163 Å². The first-order chi connectivity index (χ1) is 12.9. The van der Waals surface area contributed by atoms with E-state index in [4.69, 9.17) is 9.47 Å². The smallest absolute Gasteiger partial charge is 0.259 e. The van der Waals surface area contributed by atoms with E-state index < -0.39 is 0 Å². The van der Waals surface area contributed by atoms with Crippen molar-refractivity contribution in [1.82, 2.24) is 15.5 Å². The highest BCUT2D eigenvalue weighted by Crippen LogP contribution is 2.13. The predicted molar refractivity (Wildman–Crippen MR) is 109 cm³/mol. The van der Waals surface area contributed by atoms with Crippen LogP contribution in [0.15, 0.2) is 29.3 Å². The van der Waals surface area contributed by atoms with E-state index in [1.807, 2.05) is 24.3 Å². The molecule has 7 nitrogen and oxygen atoms in total. The van der Waals surface area contributed by atoms with E-state index in [9.17, 15) is 4.79 Å². The molecule has 0 saturated heterocycles. The van der Waals surface area contributed by atoms with E-state index in [2.05, 4.69) is 29.5 Å². The lowest BCUT2D eigenvalue weighted by Gasteiger charge is -2.14. The van der Waals surface area contributed by atoms with Gasteiger partial charge in [0.05, 0.1) is 0 Å². The molecule has 0 fully saturated rings. The number of nitrogens with zero attached hydrogens (tertiary/aromatic N) is 2. The van der Waals surface area contributed by atoms with Gasteiger partial charge in [0.15, 0.2) is 12.6 Å². The topological polar surface area (TPSA) is 75.2 Å². The normalized spacial score (nSPS) is 11.4. The molecule has 27 heavy (non-hydrogen) atoms. The van der Waals surface area contributed by atoms with Gasteiger partial charge in [-0.25, -0.2) is 0 Å². The van der Waals surface area contributed by atoms with Crippen molar-refractivity contribution in [3.8, 4) is 5.75 Å². The minimum Gasteiger partial charge on any atom is -0.484 e. The fourth-order valence-electron chi connectivity index (χ4n) is 2.13. The molecule has 0 aliphatic heterocycles.